The van der Waals surface area contributed by atoms with Crippen LogP contribution in [0.25, 0.3) is 0 Å². The molecule has 1 aliphatic carbocycles. The Kier molecular flexibility index (Phi) is 11.1. The van der Waals surface area contributed by atoms with Gasteiger partial charge >= 0.3 is 0 Å². The smallest absolute Gasteiger partial charge is 0.243 e. The number of piperidine rings is 1. The highest BCUT2D eigenvalue weighted by atomic mass is 32.2. The largest absolute Gasteiger partial charge is 0.356 e. The maximum atomic E-state index is 12.8. The first kappa shape index (κ1) is 26.6. The van der Waals surface area contributed by atoms with E-state index in [1.54, 1.807) is 22.5 Å². The van der Waals surface area contributed by atoms with Crippen LogP contribution in [0.15, 0.2) is 29.2 Å². The van der Waals surface area contributed by atoms with Crippen molar-refractivity contribution in [2.24, 2.45) is 11.8 Å². The zero-order valence-electron chi connectivity index (χ0n) is 17.0. The van der Waals surface area contributed by atoms with Crippen LogP contribution in [0.2, 0.25) is 0 Å². The molecule has 5 nitrogen and oxygen atoms in total. The lowest BCUT2D eigenvalue weighted by Crippen LogP contribution is -2.42. The Bertz CT molecular complexity index is 747. The normalized spacial score (nSPS) is 19.6. The lowest BCUT2D eigenvalue weighted by molar-refractivity contribution is -0.125. The monoisotopic (exact) mass is 438 g/mol. The van der Waals surface area contributed by atoms with Crippen molar-refractivity contribution in [1.29, 1.82) is 0 Å². The second kappa shape index (κ2) is 12.5. The molecular formula is C24H42N2O3S. The maximum absolute atomic E-state index is 12.8. The molecule has 1 aromatic rings. The lowest BCUT2D eigenvalue weighted by Gasteiger charge is -2.31. The van der Waals surface area contributed by atoms with E-state index >= 15 is 0 Å². The minimum absolute atomic E-state index is 0. The fourth-order valence-electron chi connectivity index (χ4n) is 4.39. The molecule has 0 aromatic heterocycles. The molecule has 0 radical (unpaired) electrons. The fourth-order valence-corrected chi connectivity index (χ4v) is 5.96. The van der Waals surface area contributed by atoms with Crippen molar-refractivity contribution in [2.45, 2.75) is 84.5 Å². The average Bonchev–Trinajstić information content (AvgIpc) is 2.66. The number of amides is 1. The van der Waals surface area contributed by atoms with Crippen molar-refractivity contribution in [1.82, 2.24) is 9.62 Å². The summed E-state index contributed by atoms with van der Waals surface area (Å²) in [4.78, 5) is 12.9. The van der Waals surface area contributed by atoms with Gasteiger partial charge in [0.25, 0.3) is 0 Å². The van der Waals surface area contributed by atoms with Crippen LogP contribution in [-0.2, 0) is 14.8 Å². The van der Waals surface area contributed by atoms with Gasteiger partial charge in [0.15, 0.2) is 0 Å². The van der Waals surface area contributed by atoms with Crippen LogP contribution in [0.1, 0.15) is 78.2 Å². The molecule has 1 aromatic carbocycles. The molecular weight excluding hydrogens is 396 g/mol. The first-order chi connectivity index (χ1) is 13.5. The number of benzene rings is 1. The van der Waals surface area contributed by atoms with Crippen LogP contribution in [0.3, 0.4) is 0 Å². The predicted molar refractivity (Wildman–Crippen MR) is 125 cm³/mol. The molecule has 0 unspecified atom stereocenters. The van der Waals surface area contributed by atoms with E-state index in [0.29, 0.717) is 30.4 Å². The molecule has 6 heteroatoms. The van der Waals surface area contributed by atoms with Crippen LogP contribution < -0.4 is 5.32 Å². The summed E-state index contributed by atoms with van der Waals surface area (Å²) in [6.45, 7) is 3.64. The van der Waals surface area contributed by atoms with Gasteiger partial charge in [-0.05, 0) is 56.2 Å². The van der Waals surface area contributed by atoms with Crippen molar-refractivity contribution in [3.63, 3.8) is 0 Å². The second-order valence-electron chi connectivity index (χ2n) is 8.45. The van der Waals surface area contributed by atoms with E-state index in [1.807, 2.05) is 13.0 Å². The third-order valence-corrected chi connectivity index (χ3v) is 8.14. The molecule has 3 rings (SSSR count). The third kappa shape index (κ3) is 7.09. The molecule has 30 heavy (non-hydrogen) atoms. The minimum atomic E-state index is -3.42. The standard InChI is InChI=1S/C22H34N2O3S.2CH4/c1-18-8-7-11-21(16-18)28(26,27)24-14-12-19(13-15-24)17-23-22(25)20-9-5-3-2-4-6-10-20;;/h7-8,11,16,19-20H,2-6,9-10,12-15,17H2,1H3,(H,23,25);2*1H4. The average molecular weight is 439 g/mol. The lowest BCUT2D eigenvalue weighted by atomic mass is 9.90. The summed E-state index contributed by atoms with van der Waals surface area (Å²) >= 11 is 0. The van der Waals surface area contributed by atoms with E-state index in [2.05, 4.69) is 5.32 Å². The maximum Gasteiger partial charge on any atom is 0.243 e. The van der Waals surface area contributed by atoms with Crippen molar-refractivity contribution in [3.05, 3.63) is 29.8 Å². The summed E-state index contributed by atoms with van der Waals surface area (Å²) in [6, 6.07) is 7.10. The molecule has 1 N–H and O–H groups in total. The van der Waals surface area contributed by atoms with Gasteiger partial charge in [-0.25, -0.2) is 8.42 Å². The highest BCUT2D eigenvalue weighted by Gasteiger charge is 2.30. The van der Waals surface area contributed by atoms with Crippen LogP contribution in [0.5, 0.6) is 0 Å². The quantitative estimate of drug-likeness (QED) is 0.692. The summed E-state index contributed by atoms with van der Waals surface area (Å²) in [6.07, 6.45) is 9.75. The number of carbonyl (C=O) groups excluding carboxylic acids is 1. The third-order valence-electron chi connectivity index (χ3n) is 6.24. The number of hydrogen-bond acceptors (Lipinski definition) is 3. The van der Waals surface area contributed by atoms with Gasteiger partial charge in [0.05, 0.1) is 4.90 Å². The molecule has 1 aliphatic heterocycles. The first-order valence-electron chi connectivity index (χ1n) is 10.8. The Labute approximate surface area is 184 Å². The van der Waals surface area contributed by atoms with Crippen LogP contribution >= 0.6 is 0 Å². The van der Waals surface area contributed by atoms with Gasteiger partial charge in [0.1, 0.15) is 0 Å². The number of nitrogens with zero attached hydrogens (tertiary/aromatic N) is 1. The highest BCUT2D eigenvalue weighted by Crippen LogP contribution is 2.25. The molecule has 1 amide bonds. The number of nitrogens with one attached hydrogen (secondary N) is 1. The molecule has 0 atom stereocenters. The Morgan fingerprint density at radius 1 is 1.00 bits per heavy atom. The summed E-state index contributed by atoms with van der Waals surface area (Å²) in [5.41, 5.74) is 0.952. The number of sulfonamides is 1. The Balaban J connectivity index is 0.00000225. The van der Waals surface area contributed by atoms with Crippen molar-refractivity contribution >= 4 is 15.9 Å². The summed E-state index contributed by atoms with van der Waals surface area (Å²) in [5, 5.41) is 3.16. The Hall–Kier alpha value is -1.40. The molecule has 1 heterocycles. The summed E-state index contributed by atoms with van der Waals surface area (Å²) in [5.74, 6) is 0.736. The topological polar surface area (TPSA) is 66.5 Å². The van der Waals surface area contributed by atoms with E-state index < -0.39 is 10.0 Å². The van der Waals surface area contributed by atoms with E-state index in [9.17, 15) is 13.2 Å². The van der Waals surface area contributed by atoms with Crippen molar-refractivity contribution in [2.75, 3.05) is 19.6 Å². The number of carbonyl (C=O) groups is 1. The van der Waals surface area contributed by atoms with Gasteiger partial charge < -0.3 is 5.32 Å². The summed E-state index contributed by atoms with van der Waals surface area (Å²) < 4.78 is 27.3. The first-order valence-corrected chi connectivity index (χ1v) is 12.3. The molecule has 0 spiro atoms. The van der Waals surface area contributed by atoms with E-state index in [-0.39, 0.29) is 26.7 Å². The SMILES string of the molecule is C.C.Cc1cccc(S(=O)(=O)N2CCC(CNC(=O)C3CCCCCCC3)CC2)c1. The van der Waals surface area contributed by atoms with Gasteiger partial charge in [-0.3, -0.25) is 4.79 Å². The number of hydrogen-bond donors (Lipinski definition) is 1. The predicted octanol–water partition coefficient (Wildman–Crippen LogP) is 5.14. The number of aryl methyl sites for hydroxylation is 1. The van der Waals surface area contributed by atoms with Gasteiger partial charge in [-0.1, -0.05) is 59.1 Å². The Morgan fingerprint density at radius 3 is 2.20 bits per heavy atom. The van der Waals surface area contributed by atoms with Gasteiger partial charge in [-0.2, -0.15) is 4.31 Å². The zero-order chi connectivity index (χ0) is 20.0. The molecule has 2 fully saturated rings. The van der Waals surface area contributed by atoms with Crippen molar-refractivity contribution in [3.8, 4) is 0 Å². The van der Waals surface area contributed by atoms with Crippen molar-refractivity contribution < 1.29 is 13.2 Å². The minimum Gasteiger partial charge on any atom is -0.356 e. The van der Waals surface area contributed by atoms with Crippen LogP contribution in [0.4, 0.5) is 0 Å². The molecule has 2 aliphatic rings. The number of rotatable bonds is 5. The molecule has 0 bridgehead atoms. The fraction of sp³-hybridized carbons (Fsp3) is 0.708. The van der Waals surface area contributed by atoms with Crippen LogP contribution in [-0.4, -0.2) is 38.3 Å². The van der Waals surface area contributed by atoms with E-state index in [4.69, 9.17) is 0 Å². The van der Waals surface area contributed by atoms with Gasteiger partial charge in [0.2, 0.25) is 15.9 Å². The van der Waals surface area contributed by atoms with Crippen LogP contribution in [0, 0.1) is 18.8 Å². The second-order valence-corrected chi connectivity index (χ2v) is 10.4. The molecule has 172 valence electrons. The zero-order valence-corrected chi connectivity index (χ0v) is 17.8. The van der Waals surface area contributed by atoms with Gasteiger partial charge in [0, 0.05) is 25.6 Å². The van der Waals surface area contributed by atoms with E-state index in [1.165, 1.54) is 19.3 Å². The Morgan fingerprint density at radius 2 is 1.60 bits per heavy atom. The van der Waals surface area contributed by atoms with Gasteiger partial charge in [-0.15, -0.1) is 0 Å². The summed E-state index contributed by atoms with van der Waals surface area (Å²) in [7, 11) is -3.42. The van der Waals surface area contributed by atoms with E-state index in [0.717, 1.165) is 44.1 Å². The highest BCUT2D eigenvalue weighted by molar-refractivity contribution is 7.89. The molecule has 1 saturated heterocycles. The molecule has 1 saturated carbocycles.